The molecule has 15 heavy (non-hydrogen) atoms. The van der Waals surface area contributed by atoms with Crippen molar-refractivity contribution in [3.05, 3.63) is 41.6 Å². The predicted molar refractivity (Wildman–Crippen MR) is 65.0 cm³/mol. The van der Waals surface area contributed by atoms with Crippen molar-refractivity contribution in [3.63, 3.8) is 0 Å². The first-order valence-corrected chi connectivity index (χ1v) is 5.56. The van der Waals surface area contributed by atoms with Crippen LogP contribution >= 0.6 is 11.3 Å². The van der Waals surface area contributed by atoms with Crippen LogP contribution in [0.25, 0.3) is 0 Å². The largest absolute Gasteiger partial charge is 0.389 e. The van der Waals surface area contributed by atoms with Crippen molar-refractivity contribution in [1.29, 1.82) is 0 Å². The Kier molecular flexibility index (Phi) is 2.87. The highest BCUT2D eigenvalue weighted by molar-refractivity contribution is 7.19. The van der Waals surface area contributed by atoms with Crippen molar-refractivity contribution < 1.29 is 0 Å². The van der Waals surface area contributed by atoms with Gasteiger partial charge < -0.3 is 11.1 Å². The van der Waals surface area contributed by atoms with E-state index in [1.165, 1.54) is 22.5 Å². The molecule has 0 aliphatic carbocycles. The van der Waals surface area contributed by atoms with Crippen LogP contribution in [0.1, 0.15) is 11.1 Å². The molecule has 1 aromatic heterocycles. The number of hydrogen-bond donors (Lipinski definition) is 2. The number of aromatic nitrogens is 1. The number of nitrogens with zero attached hydrogens (tertiary/aromatic N) is 1. The maximum atomic E-state index is 5.58. The van der Waals surface area contributed by atoms with Gasteiger partial charge in [-0.3, -0.25) is 0 Å². The van der Waals surface area contributed by atoms with Gasteiger partial charge in [0.1, 0.15) is 5.00 Å². The zero-order chi connectivity index (χ0) is 10.7. The number of anilines is 2. The van der Waals surface area contributed by atoms with Gasteiger partial charge in [0.2, 0.25) is 0 Å². The summed E-state index contributed by atoms with van der Waals surface area (Å²) in [6.07, 6.45) is 1.67. The minimum absolute atomic E-state index is 0.737. The van der Waals surface area contributed by atoms with E-state index < -0.39 is 0 Å². The molecule has 0 unspecified atom stereocenters. The van der Waals surface area contributed by atoms with Gasteiger partial charge in [-0.25, -0.2) is 4.98 Å². The summed E-state index contributed by atoms with van der Waals surface area (Å²) < 4.78 is 0. The Morgan fingerprint density at radius 1 is 1.33 bits per heavy atom. The average Bonchev–Trinajstić information content (AvgIpc) is 2.64. The van der Waals surface area contributed by atoms with E-state index in [4.69, 9.17) is 5.73 Å². The van der Waals surface area contributed by atoms with Gasteiger partial charge in [0.05, 0.1) is 6.20 Å². The van der Waals surface area contributed by atoms with Crippen LogP contribution in [0.5, 0.6) is 0 Å². The summed E-state index contributed by atoms with van der Waals surface area (Å²) in [5.41, 5.74) is 8.10. The van der Waals surface area contributed by atoms with E-state index in [0.717, 1.165) is 16.7 Å². The highest BCUT2D eigenvalue weighted by Crippen LogP contribution is 2.20. The van der Waals surface area contributed by atoms with Gasteiger partial charge in [-0.2, -0.15) is 0 Å². The SMILES string of the molecule is Cc1ccc(CNc2ncc(N)s2)cc1. The summed E-state index contributed by atoms with van der Waals surface area (Å²) in [5.74, 6) is 0. The van der Waals surface area contributed by atoms with Crippen molar-refractivity contribution in [2.45, 2.75) is 13.5 Å². The minimum atomic E-state index is 0.737. The summed E-state index contributed by atoms with van der Waals surface area (Å²) in [7, 11) is 0. The minimum Gasteiger partial charge on any atom is -0.389 e. The Morgan fingerprint density at radius 2 is 2.07 bits per heavy atom. The number of benzene rings is 1. The lowest BCUT2D eigenvalue weighted by molar-refractivity contribution is 1.13. The number of thiazole rings is 1. The van der Waals surface area contributed by atoms with E-state index in [2.05, 4.69) is 41.5 Å². The van der Waals surface area contributed by atoms with Crippen molar-refractivity contribution >= 4 is 21.5 Å². The van der Waals surface area contributed by atoms with Crippen molar-refractivity contribution in [2.75, 3.05) is 11.1 Å². The summed E-state index contributed by atoms with van der Waals surface area (Å²) in [6.45, 7) is 2.87. The van der Waals surface area contributed by atoms with Crippen LogP contribution in [-0.2, 0) is 6.54 Å². The lowest BCUT2D eigenvalue weighted by Gasteiger charge is -2.02. The molecule has 0 spiro atoms. The molecule has 0 saturated carbocycles. The van der Waals surface area contributed by atoms with Crippen LogP contribution in [0.2, 0.25) is 0 Å². The first kappa shape index (κ1) is 9.98. The first-order chi connectivity index (χ1) is 7.24. The van der Waals surface area contributed by atoms with Crippen LogP contribution < -0.4 is 11.1 Å². The van der Waals surface area contributed by atoms with E-state index in [1.54, 1.807) is 6.20 Å². The molecule has 78 valence electrons. The topological polar surface area (TPSA) is 50.9 Å². The summed E-state index contributed by atoms with van der Waals surface area (Å²) in [4.78, 5) is 4.13. The van der Waals surface area contributed by atoms with Crippen LogP contribution in [-0.4, -0.2) is 4.98 Å². The molecular weight excluding hydrogens is 206 g/mol. The molecule has 1 aromatic carbocycles. The van der Waals surface area contributed by atoms with Gasteiger partial charge in [0.25, 0.3) is 0 Å². The van der Waals surface area contributed by atoms with Crippen LogP contribution in [0.4, 0.5) is 10.1 Å². The Bertz CT molecular complexity index is 433. The Labute approximate surface area is 93.0 Å². The number of aryl methyl sites for hydroxylation is 1. The second-order valence-corrected chi connectivity index (χ2v) is 4.47. The third-order valence-electron chi connectivity index (χ3n) is 2.09. The Balaban J connectivity index is 1.96. The molecule has 0 saturated heterocycles. The van der Waals surface area contributed by atoms with Gasteiger partial charge >= 0.3 is 0 Å². The van der Waals surface area contributed by atoms with Crippen LogP contribution in [0.15, 0.2) is 30.5 Å². The standard InChI is InChI=1S/C11H13N3S/c1-8-2-4-9(5-3-8)6-13-11-14-7-10(12)15-11/h2-5,7H,6,12H2,1H3,(H,13,14). The van der Waals surface area contributed by atoms with Crippen molar-refractivity contribution in [1.82, 2.24) is 4.98 Å². The molecule has 1 heterocycles. The lowest BCUT2D eigenvalue weighted by atomic mass is 10.1. The van der Waals surface area contributed by atoms with E-state index in [-0.39, 0.29) is 0 Å². The summed E-state index contributed by atoms with van der Waals surface area (Å²) in [5, 5.41) is 4.83. The van der Waals surface area contributed by atoms with Crippen molar-refractivity contribution in [2.24, 2.45) is 0 Å². The molecule has 3 nitrogen and oxygen atoms in total. The quantitative estimate of drug-likeness (QED) is 0.834. The number of nitrogens with two attached hydrogens (primary N) is 1. The summed E-state index contributed by atoms with van der Waals surface area (Å²) >= 11 is 1.47. The van der Waals surface area contributed by atoms with E-state index in [9.17, 15) is 0 Å². The molecule has 0 fully saturated rings. The molecule has 0 radical (unpaired) electrons. The Hall–Kier alpha value is -1.55. The zero-order valence-electron chi connectivity index (χ0n) is 8.53. The smallest absolute Gasteiger partial charge is 0.184 e. The molecular formula is C11H13N3S. The van der Waals surface area contributed by atoms with Crippen molar-refractivity contribution in [3.8, 4) is 0 Å². The summed E-state index contributed by atoms with van der Waals surface area (Å²) in [6, 6.07) is 8.43. The third kappa shape index (κ3) is 2.70. The predicted octanol–water partition coefficient (Wildman–Crippen LogP) is 2.65. The third-order valence-corrected chi connectivity index (χ3v) is 2.87. The van der Waals surface area contributed by atoms with Gasteiger partial charge in [0, 0.05) is 6.54 Å². The highest BCUT2D eigenvalue weighted by Gasteiger charge is 1.98. The molecule has 0 amide bonds. The average molecular weight is 219 g/mol. The number of nitrogens with one attached hydrogen (secondary N) is 1. The van der Waals surface area contributed by atoms with Gasteiger partial charge in [-0.1, -0.05) is 41.2 Å². The molecule has 3 N–H and O–H groups in total. The molecule has 2 rings (SSSR count). The van der Waals surface area contributed by atoms with E-state index in [0.29, 0.717) is 0 Å². The van der Waals surface area contributed by atoms with Crippen LogP contribution in [0.3, 0.4) is 0 Å². The fraction of sp³-hybridized carbons (Fsp3) is 0.182. The number of rotatable bonds is 3. The second-order valence-electron chi connectivity index (χ2n) is 3.41. The normalized spacial score (nSPS) is 10.2. The fourth-order valence-corrected chi connectivity index (χ4v) is 1.83. The van der Waals surface area contributed by atoms with Crippen LogP contribution in [0, 0.1) is 6.92 Å². The van der Waals surface area contributed by atoms with E-state index in [1.807, 2.05) is 0 Å². The molecule has 0 atom stereocenters. The zero-order valence-corrected chi connectivity index (χ0v) is 9.34. The first-order valence-electron chi connectivity index (χ1n) is 4.75. The molecule has 0 bridgehead atoms. The van der Waals surface area contributed by atoms with Gasteiger partial charge in [-0.05, 0) is 12.5 Å². The fourth-order valence-electron chi connectivity index (χ4n) is 1.25. The monoisotopic (exact) mass is 219 g/mol. The molecule has 4 heteroatoms. The maximum Gasteiger partial charge on any atom is 0.184 e. The van der Waals surface area contributed by atoms with Gasteiger partial charge in [-0.15, -0.1) is 0 Å². The van der Waals surface area contributed by atoms with E-state index >= 15 is 0 Å². The lowest BCUT2D eigenvalue weighted by Crippen LogP contribution is -1.98. The maximum absolute atomic E-state index is 5.58. The van der Waals surface area contributed by atoms with Gasteiger partial charge in [0.15, 0.2) is 5.13 Å². The highest BCUT2D eigenvalue weighted by atomic mass is 32.1. The molecule has 2 aromatic rings. The molecule has 0 aliphatic rings. The number of nitrogen functional groups attached to an aromatic ring is 1. The molecule has 0 aliphatic heterocycles. The Morgan fingerprint density at radius 3 is 2.67 bits per heavy atom. The second kappa shape index (κ2) is 4.31. The number of hydrogen-bond acceptors (Lipinski definition) is 4.